The van der Waals surface area contributed by atoms with E-state index in [4.69, 9.17) is 29.9 Å². The lowest BCUT2D eigenvalue weighted by molar-refractivity contribution is 0.701. The molecule has 6 aromatic heterocycles. The number of aromatic nitrogens is 10. The fourth-order valence-corrected chi connectivity index (χ4v) is 19.0. The smallest absolute Gasteiger partial charge is 0.164 e. The molecule has 0 saturated heterocycles. The molecule has 0 fully saturated rings. The summed E-state index contributed by atoms with van der Waals surface area (Å²) in [6.07, 6.45) is 3.92. The van der Waals surface area contributed by atoms with Gasteiger partial charge in [-0.15, -0.1) is 0 Å². The number of rotatable bonds is 14. The average Bonchev–Trinajstić information content (AvgIpc) is 1.59. The molecule has 1 unspecified atom stereocenters. The van der Waals surface area contributed by atoms with Gasteiger partial charge in [0.25, 0.3) is 0 Å². The molecule has 1 atom stereocenters. The number of fused-ring (bicyclic) bond motifs is 12. The minimum atomic E-state index is 0.198. The molecule has 123 heavy (non-hydrogen) atoms. The predicted molar refractivity (Wildman–Crippen MR) is 501 cm³/mol. The van der Waals surface area contributed by atoms with Crippen LogP contribution in [0.1, 0.15) is 82.0 Å². The Kier molecular flexibility index (Phi) is 17.6. The maximum absolute atomic E-state index is 11.0. The zero-order valence-corrected chi connectivity index (χ0v) is 68.6. The van der Waals surface area contributed by atoms with Gasteiger partial charge in [0.05, 0.1) is 84.6 Å². The highest BCUT2D eigenvalue weighted by Gasteiger charge is 2.31. The molecule has 0 aliphatic heterocycles. The van der Waals surface area contributed by atoms with E-state index in [9.17, 15) is 10.5 Å². The average molecular weight is 1580 g/mol. The van der Waals surface area contributed by atoms with Crippen molar-refractivity contribution in [3.63, 3.8) is 0 Å². The Balaban J connectivity index is 0.688. The third kappa shape index (κ3) is 12.6. The van der Waals surface area contributed by atoms with Crippen LogP contribution in [0.25, 0.3) is 196 Å². The number of benzene rings is 15. The van der Waals surface area contributed by atoms with Crippen molar-refractivity contribution >= 4 is 82.4 Å². The van der Waals surface area contributed by atoms with Gasteiger partial charge in [0.15, 0.2) is 34.9 Å². The Morgan fingerprint density at radius 2 is 0.618 bits per heavy atom. The van der Waals surface area contributed by atoms with E-state index in [0.717, 1.165) is 156 Å². The Morgan fingerprint density at radius 3 is 1.07 bits per heavy atom. The first kappa shape index (κ1) is 73.4. The molecule has 0 N–H and O–H groups in total. The summed E-state index contributed by atoms with van der Waals surface area (Å²) in [6.45, 7) is 13.2. The maximum atomic E-state index is 11.0. The number of allylic oxidation sites excluding steroid dienone is 1. The minimum Gasteiger partial charge on any atom is -0.312 e. The molecule has 22 rings (SSSR count). The van der Waals surface area contributed by atoms with E-state index in [1.54, 1.807) is 0 Å². The van der Waals surface area contributed by atoms with E-state index in [0.29, 0.717) is 52.5 Å². The normalized spacial score (nSPS) is 12.7. The summed E-state index contributed by atoms with van der Waals surface area (Å²) >= 11 is 0. The van der Waals surface area contributed by atoms with Crippen LogP contribution < -0.4 is 0 Å². The van der Waals surface area contributed by atoms with Crippen LogP contribution in [0.4, 0.5) is 0 Å². The van der Waals surface area contributed by atoms with Crippen molar-refractivity contribution in [2.45, 2.75) is 60.3 Å². The second kappa shape index (κ2) is 29.5. The molecule has 12 heteroatoms. The third-order valence-electron chi connectivity index (χ3n) is 24.6. The third-order valence-corrected chi connectivity index (χ3v) is 24.6. The highest BCUT2D eigenvalue weighted by molar-refractivity contribution is 6.13. The van der Waals surface area contributed by atoms with Crippen LogP contribution in [-0.2, 0) is 6.42 Å². The van der Waals surface area contributed by atoms with Crippen molar-refractivity contribution in [2.75, 3.05) is 0 Å². The summed E-state index contributed by atoms with van der Waals surface area (Å²) in [5.41, 5.74) is 31.6. The molecule has 0 saturated carbocycles. The van der Waals surface area contributed by atoms with Gasteiger partial charge in [-0.2, -0.15) is 10.5 Å². The van der Waals surface area contributed by atoms with Gasteiger partial charge in [-0.1, -0.05) is 217 Å². The van der Waals surface area contributed by atoms with Crippen molar-refractivity contribution in [1.29, 1.82) is 10.5 Å². The zero-order chi connectivity index (χ0) is 82.8. The second-order valence-electron chi connectivity index (χ2n) is 32.9. The van der Waals surface area contributed by atoms with E-state index in [2.05, 4.69) is 309 Å². The van der Waals surface area contributed by atoms with Crippen molar-refractivity contribution in [3.8, 4) is 125 Å². The fourth-order valence-electron chi connectivity index (χ4n) is 19.0. The van der Waals surface area contributed by atoms with E-state index in [1.165, 1.54) is 55.2 Å². The van der Waals surface area contributed by atoms with Crippen LogP contribution >= 0.6 is 0 Å². The Hall–Kier alpha value is -16.0. The predicted octanol–water partition coefficient (Wildman–Crippen LogP) is 27.1. The molecule has 21 aromatic rings. The summed E-state index contributed by atoms with van der Waals surface area (Å²) in [5.74, 6) is 3.42. The van der Waals surface area contributed by atoms with Crippen LogP contribution in [0.3, 0.4) is 0 Å². The SMILES string of the molecule is CC1=Cc2c(n(-c3ccc(-c4nc(-c5ccccc5)nc(-c5cccc(Cc6ccc7c(c6)c6ccccc6n7-c6ccc(C#N)cc6-c6cc(-c7nc(-c8ccccc8)nc(-c8ccccc8)n7)ccc6-n6c7ccccc7c7cc(C)ccc76)c5)n4)cc3-c3cc(C#N)ccc3-n3c4ccc(C)cc4c4cc(C)ccc43)c3ccc(C)cc23)C(C)C1. The van der Waals surface area contributed by atoms with Crippen molar-refractivity contribution < 1.29 is 0 Å². The quantitative estimate of drug-likeness (QED) is 0.105. The van der Waals surface area contributed by atoms with E-state index < -0.39 is 0 Å². The molecule has 15 aromatic carbocycles. The van der Waals surface area contributed by atoms with E-state index in [1.807, 2.05) is 97.1 Å². The van der Waals surface area contributed by atoms with Gasteiger partial charge in [-0.05, 0) is 210 Å². The largest absolute Gasteiger partial charge is 0.312 e. The summed E-state index contributed by atoms with van der Waals surface area (Å²) in [4.78, 5) is 32.0. The number of para-hydroxylation sites is 2. The van der Waals surface area contributed by atoms with Gasteiger partial charge in [-0.25, -0.2) is 29.9 Å². The van der Waals surface area contributed by atoms with Crippen LogP contribution in [-0.4, -0.2) is 48.2 Å². The lowest BCUT2D eigenvalue weighted by Crippen LogP contribution is -2.10. The molecule has 0 amide bonds. The maximum Gasteiger partial charge on any atom is 0.164 e. The van der Waals surface area contributed by atoms with Crippen LogP contribution in [0.15, 0.2) is 333 Å². The molecule has 0 radical (unpaired) electrons. The first-order valence-electron chi connectivity index (χ1n) is 41.8. The van der Waals surface area contributed by atoms with Crippen molar-refractivity contribution in [1.82, 2.24) is 48.2 Å². The molecular formula is C111H78N12. The molecule has 12 nitrogen and oxygen atoms in total. The van der Waals surface area contributed by atoms with Crippen LogP contribution in [0.5, 0.6) is 0 Å². The highest BCUT2D eigenvalue weighted by atomic mass is 15.1. The summed E-state index contributed by atoms with van der Waals surface area (Å²) in [5, 5.41) is 30.1. The molecule has 0 spiro atoms. The van der Waals surface area contributed by atoms with E-state index in [-0.39, 0.29) is 5.92 Å². The van der Waals surface area contributed by atoms with Crippen LogP contribution in [0, 0.1) is 50.4 Å². The van der Waals surface area contributed by atoms with Gasteiger partial charge in [-0.3, -0.25) is 0 Å². The van der Waals surface area contributed by atoms with Crippen LogP contribution in [0.2, 0.25) is 0 Å². The highest BCUT2D eigenvalue weighted by Crippen LogP contribution is 2.49. The molecule has 1 aliphatic carbocycles. The van der Waals surface area contributed by atoms with Gasteiger partial charge in [0.2, 0.25) is 0 Å². The monoisotopic (exact) mass is 1580 g/mol. The first-order valence-corrected chi connectivity index (χ1v) is 41.8. The van der Waals surface area contributed by atoms with Gasteiger partial charge in [0, 0.05) is 111 Å². The number of hydrogen-bond acceptors (Lipinski definition) is 8. The number of nitriles is 2. The zero-order valence-electron chi connectivity index (χ0n) is 68.6. The Morgan fingerprint density at radius 1 is 0.285 bits per heavy atom. The molecule has 6 heterocycles. The van der Waals surface area contributed by atoms with Gasteiger partial charge in [0.1, 0.15) is 0 Å². The summed E-state index contributed by atoms with van der Waals surface area (Å²) < 4.78 is 9.61. The lowest BCUT2D eigenvalue weighted by atomic mass is 9.88. The summed E-state index contributed by atoms with van der Waals surface area (Å²) in [6, 6.07) is 121. The van der Waals surface area contributed by atoms with Crippen molar-refractivity contribution in [2.24, 2.45) is 0 Å². The molecule has 582 valence electrons. The fraction of sp³-hybridized carbons (Fsp3) is 0.0811. The number of nitrogens with zero attached hydrogens (tertiary/aromatic N) is 12. The number of aryl methyl sites for hydroxylation is 4. The second-order valence-corrected chi connectivity index (χ2v) is 32.9. The Labute approximate surface area is 711 Å². The van der Waals surface area contributed by atoms with Gasteiger partial charge >= 0.3 is 0 Å². The summed E-state index contributed by atoms with van der Waals surface area (Å²) in [7, 11) is 0. The molecular weight excluding hydrogens is 1500 g/mol. The number of hydrogen-bond donors (Lipinski definition) is 0. The Bertz CT molecular complexity index is 7990. The topological polar surface area (TPSA) is 145 Å². The van der Waals surface area contributed by atoms with Crippen molar-refractivity contribution in [3.05, 3.63) is 389 Å². The lowest BCUT2D eigenvalue weighted by Gasteiger charge is -2.24. The molecule has 1 aliphatic rings. The first-order chi connectivity index (χ1) is 60.3. The van der Waals surface area contributed by atoms with Gasteiger partial charge < -0.3 is 18.3 Å². The van der Waals surface area contributed by atoms with E-state index >= 15 is 0 Å². The standard InChI is InChI=1S/C111H78N12/c1-66-33-42-96-84(52-66)82-29-16-18-31-94(82)120(96)102-49-40-80(110-116-106(76-22-10-7-11-23-76)114-107(117-110)77-24-12-8-13-25-77)62-91(102)89-60-74(64-112)38-47-100(89)121-95-32-19-17-30-83(95)88-59-73(37-46-99(88)121)57-72-21-20-28-79(58-72)109-115-108(78-26-14-9-15-27-78)118-111(119-109)81-41-50-104(123-103-45-36-69(4)55-87(103)93-56-70(5)51-71(6)105(93)123)92(63-81)90-61-75(65-113)39-48-101(90)122-97-43-34-67(2)53-85(97)86-54-68(3)35-44-98(86)122/h7-50,52-56,58-63,71H,51,57H2,1-6H3. The molecule has 0 bridgehead atoms. The minimum absolute atomic E-state index is 0.198.